The number of methoxy groups -OCH3 is 1. The summed E-state index contributed by atoms with van der Waals surface area (Å²) in [5.74, 6) is 0.358. The number of hydrogen-bond acceptors (Lipinski definition) is 3. The highest BCUT2D eigenvalue weighted by molar-refractivity contribution is 5.28. The standard InChI is InChI=1S/C15H23FN2O/c1-11(17)15-5-3-4-8-18(15)10-12-6-7-13(19-2)9-14(12)16/h6-7,9,11,15H,3-5,8,10,17H2,1-2H3. The second kappa shape index (κ2) is 6.35. The fraction of sp³-hybridized carbons (Fsp3) is 0.600. The van der Waals surface area contributed by atoms with Gasteiger partial charge >= 0.3 is 0 Å². The highest BCUT2D eigenvalue weighted by Gasteiger charge is 2.25. The van der Waals surface area contributed by atoms with E-state index in [0.717, 1.165) is 13.0 Å². The first-order valence-electron chi connectivity index (χ1n) is 6.94. The molecule has 0 aromatic heterocycles. The Kier molecular flexibility index (Phi) is 4.77. The van der Waals surface area contributed by atoms with Gasteiger partial charge in [-0.2, -0.15) is 0 Å². The fourth-order valence-electron chi connectivity index (χ4n) is 2.81. The molecule has 1 aliphatic heterocycles. The van der Waals surface area contributed by atoms with Crippen molar-refractivity contribution in [1.82, 2.24) is 4.90 Å². The number of nitrogens with two attached hydrogens (primary N) is 1. The van der Waals surface area contributed by atoms with Crippen LogP contribution in [0.25, 0.3) is 0 Å². The first-order valence-corrected chi connectivity index (χ1v) is 6.94. The van der Waals surface area contributed by atoms with Gasteiger partial charge in [-0.25, -0.2) is 4.39 Å². The fourth-order valence-corrected chi connectivity index (χ4v) is 2.81. The molecule has 0 bridgehead atoms. The molecule has 1 heterocycles. The molecule has 19 heavy (non-hydrogen) atoms. The van der Waals surface area contributed by atoms with Crippen molar-refractivity contribution in [3.8, 4) is 5.75 Å². The molecule has 2 unspecified atom stereocenters. The highest BCUT2D eigenvalue weighted by Crippen LogP contribution is 2.24. The minimum Gasteiger partial charge on any atom is -0.497 e. The van der Waals surface area contributed by atoms with Crippen molar-refractivity contribution in [3.63, 3.8) is 0 Å². The van der Waals surface area contributed by atoms with Crippen LogP contribution in [0.4, 0.5) is 4.39 Å². The van der Waals surface area contributed by atoms with E-state index in [4.69, 9.17) is 10.5 Å². The third-order valence-electron chi connectivity index (χ3n) is 3.90. The molecule has 0 aliphatic carbocycles. The number of rotatable bonds is 4. The summed E-state index contributed by atoms with van der Waals surface area (Å²) in [4.78, 5) is 2.30. The topological polar surface area (TPSA) is 38.5 Å². The lowest BCUT2D eigenvalue weighted by atomic mass is 9.96. The van der Waals surface area contributed by atoms with Crippen molar-refractivity contribution in [1.29, 1.82) is 0 Å². The molecular formula is C15H23FN2O. The van der Waals surface area contributed by atoms with Gasteiger partial charge in [0.05, 0.1) is 7.11 Å². The summed E-state index contributed by atoms with van der Waals surface area (Å²) in [6.07, 6.45) is 3.49. The van der Waals surface area contributed by atoms with Crippen LogP contribution in [0, 0.1) is 5.82 Å². The molecule has 1 aromatic carbocycles. The minimum atomic E-state index is -0.201. The third-order valence-corrected chi connectivity index (χ3v) is 3.90. The van der Waals surface area contributed by atoms with E-state index in [2.05, 4.69) is 4.90 Å². The number of ether oxygens (including phenoxy) is 1. The summed E-state index contributed by atoms with van der Waals surface area (Å²) in [7, 11) is 1.55. The zero-order chi connectivity index (χ0) is 13.8. The Labute approximate surface area is 114 Å². The zero-order valence-electron chi connectivity index (χ0n) is 11.7. The van der Waals surface area contributed by atoms with Gasteiger partial charge < -0.3 is 10.5 Å². The van der Waals surface area contributed by atoms with Crippen molar-refractivity contribution < 1.29 is 9.13 Å². The number of hydrogen-bond donors (Lipinski definition) is 1. The van der Waals surface area contributed by atoms with Gasteiger partial charge in [0, 0.05) is 30.3 Å². The normalized spacial score (nSPS) is 22.2. The van der Waals surface area contributed by atoms with E-state index in [1.165, 1.54) is 18.9 Å². The van der Waals surface area contributed by atoms with E-state index < -0.39 is 0 Å². The van der Waals surface area contributed by atoms with E-state index in [1.807, 2.05) is 13.0 Å². The highest BCUT2D eigenvalue weighted by atomic mass is 19.1. The predicted molar refractivity (Wildman–Crippen MR) is 74.7 cm³/mol. The summed E-state index contributed by atoms with van der Waals surface area (Å²) in [5, 5.41) is 0. The SMILES string of the molecule is COc1ccc(CN2CCCCC2C(C)N)c(F)c1. The quantitative estimate of drug-likeness (QED) is 0.910. The molecule has 0 saturated carbocycles. The maximum Gasteiger partial charge on any atom is 0.131 e. The second-order valence-electron chi connectivity index (χ2n) is 5.35. The van der Waals surface area contributed by atoms with E-state index >= 15 is 0 Å². The third kappa shape index (κ3) is 3.45. The van der Waals surface area contributed by atoms with Crippen LogP contribution in [0.1, 0.15) is 31.7 Å². The van der Waals surface area contributed by atoms with Gasteiger partial charge in [-0.15, -0.1) is 0 Å². The maximum atomic E-state index is 14.0. The van der Waals surface area contributed by atoms with Gasteiger partial charge in [-0.3, -0.25) is 4.90 Å². The molecule has 1 saturated heterocycles. The summed E-state index contributed by atoms with van der Waals surface area (Å²) in [5.41, 5.74) is 6.76. The largest absolute Gasteiger partial charge is 0.497 e. The van der Waals surface area contributed by atoms with E-state index in [1.54, 1.807) is 13.2 Å². The molecule has 0 amide bonds. The Balaban J connectivity index is 2.10. The van der Waals surface area contributed by atoms with Gasteiger partial charge in [-0.1, -0.05) is 12.5 Å². The lowest BCUT2D eigenvalue weighted by Crippen LogP contribution is -2.48. The van der Waals surface area contributed by atoms with Crippen LogP contribution in [0.3, 0.4) is 0 Å². The summed E-state index contributed by atoms with van der Waals surface area (Å²) >= 11 is 0. The first-order chi connectivity index (χ1) is 9.11. The molecule has 4 heteroatoms. The van der Waals surface area contributed by atoms with Crippen LogP contribution < -0.4 is 10.5 Å². The number of likely N-dealkylation sites (tertiary alicyclic amines) is 1. The molecule has 3 nitrogen and oxygen atoms in total. The number of nitrogens with zero attached hydrogens (tertiary/aromatic N) is 1. The minimum absolute atomic E-state index is 0.126. The van der Waals surface area contributed by atoms with Crippen LogP contribution in [-0.2, 0) is 6.54 Å². The Bertz CT molecular complexity index is 423. The first kappa shape index (κ1) is 14.3. The van der Waals surface area contributed by atoms with E-state index in [9.17, 15) is 4.39 Å². The molecule has 2 N–H and O–H groups in total. The molecule has 2 rings (SSSR count). The lowest BCUT2D eigenvalue weighted by Gasteiger charge is -2.38. The van der Waals surface area contributed by atoms with Gasteiger partial charge in [0.2, 0.25) is 0 Å². The van der Waals surface area contributed by atoms with Crippen LogP contribution in [0.15, 0.2) is 18.2 Å². The monoisotopic (exact) mass is 266 g/mol. The van der Waals surface area contributed by atoms with Crippen molar-refractivity contribution in [2.24, 2.45) is 5.73 Å². The van der Waals surface area contributed by atoms with Crippen molar-refractivity contribution in [3.05, 3.63) is 29.6 Å². The average molecular weight is 266 g/mol. The Morgan fingerprint density at radius 2 is 2.26 bits per heavy atom. The number of halogens is 1. The molecule has 1 aliphatic rings. The predicted octanol–water partition coefficient (Wildman–Crippen LogP) is 2.54. The van der Waals surface area contributed by atoms with Crippen LogP contribution in [-0.4, -0.2) is 30.6 Å². The molecular weight excluding hydrogens is 243 g/mol. The molecule has 2 atom stereocenters. The summed E-state index contributed by atoms with van der Waals surface area (Å²) in [6.45, 7) is 3.66. The van der Waals surface area contributed by atoms with Gasteiger partial charge in [-0.05, 0) is 32.4 Å². The maximum absolute atomic E-state index is 14.0. The number of piperidine rings is 1. The Morgan fingerprint density at radius 3 is 2.89 bits per heavy atom. The van der Waals surface area contributed by atoms with Crippen molar-refractivity contribution >= 4 is 0 Å². The smallest absolute Gasteiger partial charge is 0.131 e. The van der Waals surface area contributed by atoms with Crippen LogP contribution in [0.5, 0.6) is 5.75 Å². The van der Waals surface area contributed by atoms with Gasteiger partial charge in [0.15, 0.2) is 0 Å². The van der Waals surface area contributed by atoms with Crippen LogP contribution >= 0.6 is 0 Å². The molecule has 0 spiro atoms. The summed E-state index contributed by atoms with van der Waals surface area (Å²) < 4.78 is 19.0. The Hall–Kier alpha value is -1.13. The van der Waals surface area contributed by atoms with Crippen LogP contribution in [0.2, 0.25) is 0 Å². The van der Waals surface area contributed by atoms with Gasteiger partial charge in [0.1, 0.15) is 11.6 Å². The molecule has 106 valence electrons. The number of benzene rings is 1. The van der Waals surface area contributed by atoms with E-state index in [-0.39, 0.29) is 11.9 Å². The van der Waals surface area contributed by atoms with Gasteiger partial charge in [0.25, 0.3) is 0 Å². The molecule has 0 radical (unpaired) electrons. The zero-order valence-corrected chi connectivity index (χ0v) is 11.7. The van der Waals surface area contributed by atoms with Crippen molar-refractivity contribution in [2.45, 2.75) is 44.8 Å². The second-order valence-corrected chi connectivity index (χ2v) is 5.35. The average Bonchev–Trinajstić information content (AvgIpc) is 2.41. The summed E-state index contributed by atoms with van der Waals surface area (Å²) in [6, 6.07) is 5.54. The Morgan fingerprint density at radius 1 is 1.47 bits per heavy atom. The lowest BCUT2D eigenvalue weighted by molar-refractivity contribution is 0.121. The molecule has 1 aromatic rings. The van der Waals surface area contributed by atoms with Crippen molar-refractivity contribution in [2.75, 3.05) is 13.7 Å². The molecule has 1 fully saturated rings. The van der Waals surface area contributed by atoms with E-state index in [0.29, 0.717) is 23.9 Å².